The summed E-state index contributed by atoms with van der Waals surface area (Å²) in [5.41, 5.74) is 0. The summed E-state index contributed by atoms with van der Waals surface area (Å²) in [6, 6.07) is 0. The van der Waals surface area contributed by atoms with Crippen LogP contribution in [0.2, 0.25) is 0 Å². The summed E-state index contributed by atoms with van der Waals surface area (Å²) in [5.74, 6) is 0. The first-order chi connectivity index (χ1) is 11.7. The highest BCUT2D eigenvalue weighted by Crippen LogP contribution is 2.16. The summed E-state index contributed by atoms with van der Waals surface area (Å²) in [7, 11) is 0. The zero-order chi connectivity index (χ0) is 17.6. The number of hydrogen-bond donors (Lipinski definition) is 3. The number of ether oxygens (including phenoxy) is 2. The van der Waals surface area contributed by atoms with Gasteiger partial charge in [-0.15, -0.1) is 0 Å². The second kappa shape index (κ2) is 13.8. The van der Waals surface area contributed by atoms with Gasteiger partial charge in [0.05, 0.1) is 13.2 Å². The lowest BCUT2D eigenvalue weighted by Gasteiger charge is -2.35. The van der Waals surface area contributed by atoms with E-state index in [9.17, 15) is 15.3 Å². The fourth-order valence-corrected chi connectivity index (χ4v) is 2.91. The van der Waals surface area contributed by atoms with E-state index in [2.05, 4.69) is 19.1 Å². The van der Waals surface area contributed by atoms with Crippen molar-refractivity contribution in [1.29, 1.82) is 0 Å². The van der Waals surface area contributed by atoms with Crippen molar-refractivity contribution < 1.29 is 24.8 Å². The van der Waals surface area contributed by atoms with E-state index < -0.39 is 24.4 Å². The lowest BCUT2D eigenvalue weighted by atomic mass is 10.0. The highest BCUT2D eigenvalue weighted by atomic mass is 16.6. The van der Waals surface area contributed by atoms with Crippen LogP contribution in [0.3, 0.4) is 0 Å². The maximum Gasteiger partial charge on any atom is 0.111 e. The Labute approximate surface area is 146 Å². The number of rotatable bonds is 13. The number of hydrogen-bond acceptors (Lipinski definition) is 5. The van der Waals surface area contributed by atoms with Gasteiger partial charge >= 0.3 is 0 Å². The van der Waals surface area contributed by atoms with Crippen LogP contribution in [0.15, 0.2) is 12.2 Å². The molecule has 0 aromatic carbocycles. The topological polar surface area (TPSA) is 79.2 Å². The van der Waals surface area contributed by atoms with Crippen molar-refractivity contribution in [2.24, 2.45) is 0 Å². The van der Waals surface area contributed by atoms with Gasteiger partial charge in [-0.05, 0) is 26.2 Å². The van der Waals surface area contributed by atoms with Crippen LogP contribution in [0.4, 0.5) is 0 Å². The van der Waals surface area contributed by atoms with Crippen molar-refractivity contribution in [3.63, 3.8) is 0 Å². The van der Waals surface area contributed by atoms with E-state index in [1.807, 2.05) is 0 Å². The van der Waals surface area contributed by atoms with E-state index in [0.29, 0.717) is 6.61 Å². The minimum absolute atomic E-state index is 0.0426. The molecule has 0 radical (unpaired) electrons. The van der Waals surface area contributed by atoms with Gasteiger partial charge < -0.3 is 24.8 Å². The zero-order valence-electron chi connectivity index (χ0n) is 15.1. The van der Waals surface area contributed by atoms with E-state index in [1.165, 1.54) is 44.9 Å². The van der Waals surface area contributed by atoms with E-state index in [-0.39, 0.29) is 13.2 Å². The average Bonchev–Trinajstić information content (AvgIpc) is 2.58. The van der Waals surface area contributed by atoms with Crippen LogP contribution >= 0.6 is 0 Å². The predicted molar refractivity (Wildman–Crippen MR) is 94.9 cm³/mol. The van der Waals surface area contributed by atoms with Crippen LogP contribution < -0.4 is 0 Å². The Morgan fingerprint density at radius 2 is 1.54 bits per heavy atom. The molecule has 0 aromatic heterocycles. The van der Waals surface area contributed by atoms with Gasteiger partial charge in [-0.25, -0.2) is 0 Å². The summed E-state index contributed by atoms with van der Waals surface area (Å²) in [6.45, 7) is 3.02. The maximum absolute atomic E-state index is 9.78. The fraction of sp³-hybridized carbons (Fsp3) is 0.895. The third-order valence-corrected chi connectivity index (χ3v) is 4.53. The highest BCUT2D eigenvalue weighted by molar-refractivity contribution is 4.86. The van der Waals surface area contributed by atoms with Gasteiger partial charge in [-0.2, -0.15) is 0 Å². The number of unbranched alkanes of at least 4 members (excludes halogenated alkanes) is 8. The van der Waals surface area contributed by atoms with Crippen LogP contribution in [0.25, 0.3) is 0 Å². The van der Waals surface area contributed by atoms with Gasteiger partial charge in [-0.1, -0.05) is 50.7 Å². The SMILES string of the molecule is C/C=C/CCCCCCCCCCOC[C@@H]1OC[C@@H](O)[C@H](O)[C@H]1O. The normalized spacial score (nSPS) is 27.8. The summed E-state index contributed by atoms with van der Waals surface area (Å²) in [4.78, 5) is 0. The first-order valence-electron chi connectivity index (χ1n) is 9.51. The Balaban J connectivity index is 1.85. The maximum atomic E-state index is 9.78. The van der Waals surface area contributed by atoms with Crippen LogP contribution in [-0.2, 0) is 9.47 Å². The summed E-state index contributed by atoms with van der Waals surface area (Å²) < 4.78 is 10.8. The van der Waals surface area contributed by atoms with Crippen molar-refractivity contribution in [2.45, 2.75) is 89.1 Å². The molecule has 0 aliphatic carbocycles. The Hall–Kier alpha value is -0.460. The van der Waals surface area contributed by atoms with Gasteiger partial charge in [0.15, 0.2) is 0 Å². The molecular weight excluding hydrogens is 308 g/mol. The van der Waals surface area contributed by atoms with Crippen molar-refractivity contribution in [1.82, 2.24) is 0 Å². The third kappa shape index (κ3) is 9.14. The van der Waals surface area contributed by atoms with E-state index in [4.69, 9.17) is 9.47 Å². The molecule has 4 atom stereocenters. The van der Waals surface area contributed by atoms with Crippen molar-refractivity contribution in [3.05, 3.63) is 12.2 Å². The molecule has 1 aliphatic heterocycles. The molecule has 1 heterocycles. The van der Waals surface area contributed by atoms with Crippen LogP contribution in [-0.4, -0.2) is 59.6 Å². The van der Waals surface area contributed by atoms with Gasteiger partial charge in [0.2, 0.25) is 0 Å². The van der Waals surface area contributed by atoms with E-state index in [1.54, 1.807) is 0 Å². The summed E-state index contributed by atoms with van der Waals surface area (Å²) in [6.07, 6.45) is 11.8. The molecule has 142 valence electrons. The molecule has 5 nitrogen and oxygen atoms in total. The van der Waals surface area contributed by atoms with Crippen LogP contribution in [0.1, 0.15) is 64.7 Å². The second-order valence-corrected chi connectivity index (χ2v) is 6.68. The molecule has 5 heteroatoms. The smallest absolute Gasteiger partial charge is 0.111 e. The van der Waals surface area contributed by atoms with Gasteiger partial charge in [-0.3, -0.25) is 0 Å². The molecule has 3 N–H and O–H groups in total. The molecule has 0 spiro atoms. The van der Waals surface area contributed by atoms with Crippen molar-refractivity contribution >= 4 is 0 Å². The van der Waals surface area contributed by atoms with Crippen LogP contribution in [0, 0.1) is 0 Å². The van der Waals surface area contributed by atoms with Gasteiger partial charge in [0.25, 0.3) is 0 Å². The lowest BCUT2D eigenvalue weighted by molar-refractivity contribution is -0.199. The standard InChI is InChI=1S/C19H36O5/c1-2-3-4-5-6-7-8-9-10-11-12-13-23-15-17-19(22)18(21)16(20)14-24-17/h2-3,16-22H,4-15H2,1H3/b3-2+/t16-,17+,18+,19+/m1/s1. The monoisotopic (exact) mass is 344 g/mol. The molecule has 1 rings (SSSR count). The van der Waals surface area contributed by atoms with Gasteiger partial charge in [0, 0.05) is 6.61 Å². The molecule has 0 unspecified atom stereocenters. The van der Waals surface area contributed by atoms with Crippen molar-refractivity contribution in [3.8, 4) is 0 Å². The first kappa shape index (κ1) is 21.6. The Kier molecular flexibility index (Phi) is 12.4. The third-order valence-electron chi connectivity index (χ3n) is 4.53. The minimum Gasteiger partial charge on any atom is -0.388 e. The zero-order valence-corrected chi connectivity index (χ0v) is 15.1. The van der Waals surface area contributed by atoms with Crippen LogP contribution in [0.5, 0.6) is 0 Å². The predicted octanol–water partition coefficient (Wildman–Crippen LogP) is 2.57. The Morgan fingerprint density at radius 1 is 0.917 bits per heavy atom. The summed E-state index contributed by atoms with van der Waals surface area (Å²) in [5, 5.41) is 28.7. The van der Waals surface area contributed by atoms with E-state index >= 15 is 0 Å². The number of aliphatic hydroxyl groups is 3. The Morgan fingerprint density at radius 3 is 2.21 bits per heavy atom. The molecule has 1 aliphatic rings. The fourth-order valence-electron chi connectivity index (χ4n) is 2.91. The largest absolute Gasteiger partial charge is 0.388 e. The molecule has 1 saturated heterocycles. The van der Waals surface area contributed by atoms with E-state index in [0.717, 1.165) is 12.8 Å². The first-order valence-corrected chi connectivity index (χ1v) is 9.51. The molecule has 0 saturated carbocycles. The Bertz CT molecular complexity index is 321. The van der Waals surface area contributed by atoms with Gasteiger partial charge in [0.1, 0.15) is 24.4 Å². The number of allylic oxidation sites excluding steroid dienone is 2. The molecular formula is C19H36O5. The molecule has 1 fully saturated rings. The lowest BCUT2D eigenvalue weighted by Crippen LogP contribution is -2.54. The molecule has 0 bridgehead atoms. The highest BCUT2D eigenvalue weighted by Gasteiger charge is 2.37. The molecule has 24 heavy (non-hydrogen) atoms. The van der Waals surface area contributed by atoms with Crippen molar-refractivity contribution in [2.75, 3.05) is 19.8 Å². The molecule has 0 aromatic rings. The average molecular weight is 344 g/mol. The summed E-state index contributed by atoms with van der Waals surface area (Å²) >= 11 is 0. The minimum atomic E-state index is -1.15. The second-order valence-electron chi connectivity index (χ2n) is 6.68. The quantitative estimate of drug-likeness (QED) is 0.353. The number of aliphatic hydroxyl groups excluding tert-OH is 3. The molecule has 0 amide bonds.